The molecule has 3 N–H and O–H groups in total. The predicted molar refractivity (Wildman–Crippen MR) is 126 cm³/mol. The van der Waals surface area contributed by atoms with Gasteiger partial charge in [0.2, 0.25) is 17.4 Å². The van der Waals surface area contributed by atoms with Crippen LogP contribution in [0.15, 0.2) is 30.3 Å². The SMILES string of the molecule is CCCCOc1cc(O)c(-c2cc(-c3cc(OC)c(OC)c(OC)c3)nc(N)n2)cc1[N+](=O)[O-]. The fourth-order valence-corrected chi connectivity index (χ4v) is 3.33. The van der Waals surface area contributed by atoms with Gasteiger partial charge in [0.05, 0.1) is 44.2 Å². The van der Waals surface area contributed by atoms with Crippen molar-refractivity contribution in [2.45, 2.75) is 19.8 Å². The third-order valence-electron chi connectivity index (χ3n) is 5.01. The molecule has 3 rings (SSSR count). The lowest BCUT2D eigenvalue weighted by Crippen LogP contribution is -2.02. The number of nitro groups is 1. The maximum atomic E-state index is 11.7. The van der Waals surface area contributed by atoms with E-state index in [1.54, 1.807) is 18.2 Å². The summed E-state index contributed by atoms with van der Waals surface area (Å²) in [5, 5.41) is 22.3. The summed E-state index contributed by atoms with van der Waals surface area (Å²) in [7, 11) is 4.47. The summed E-state index contributed by atoms with van der Waals surface area (Å²) >= 11 is 0. The lowest BCUT2D eigenvalue weighted by Gasteiger charge is -2.15. The second-order valence-electron chi connectivity index (χ2n) is 7.21. The Balaban J connectivity index is 2.13. The van der Waals surface area contributed by atoms with Crippen LogP contribution in [0.2, 0.25) is 0 Å². The molecule has 0 bridgehead atoms. The van der Waals surface area contributed by atoms with Crippen LogP contribution in [-0.2, 0) is 0 Å². The Kier molecular flexibility index (Phi) is 7.57. The molecule has 0 aliphatic heterocycles. The summed E-state index contributed by atoms with van der Waals surface area (Å²) in [4.78, 5) is 19.5. The number of benzene rings is 2. The molecule has 0 saturated heterocycles. The summed E-state index contributed by atoms with van der Waals surface area (Å²) in [5.74, 6) is 0.859. The van der Waals surface area contributed by atoms with E-state index in [1.165, 1.54) is 33.5 Å². The average molecular weight is 470 g/mol. The van der Waals surface area contributed by atoms with Crippen LogP contribution in [0.4, 0.5) is 11.6 Å². The molecule has 0 spiro atoms. The summed E-state index contributed by atoms with van der Waals surface area (Å²) in [5.41, 5.74) is 6.89. The fourth-order valence-electron chi connectivity index (χ4n) is 3.33. The number of phenolic OH excluding ortho intramolecular Hbond substituents is 1. The number of methoxy groups -OCH3 is 3. The zero-order valence-electron chi connectivity index (χ0n) is 19.3. The highest BCUT2D eigenvalue weighted by Crippen LogP contribution is 2.43. The molecule has 0 unspecified atom stereocenters. The van der Waals surface area contributed by atoms with Crippen molar-refractivity contribution in [1.82, 2.24) is 9.97 Å². The van der Waals surface area contributed by atoms with Crippen LogP contribution in [0.25, 0.3) is 22.5 Å². The lowest BCUT2D eigenvalue weighted by atomic mass is 10.0. The molecule has 34 heavy (non-hydrogen) atoms. The van der Waals surface area contributed by atoms with Crippen LogP contribution in [0.1, 0.15) is 19.8 Å². The van der Waals surface area contributed by atoms with Crippen molar-refractivity contribution in [3.8, 4) is 51.3 Å². The zero-order chi connectivity index (χ0) is 24.8. The Morgan fingerprint density at radius 3 is 2.18 bits per heavy atom. The number of hydrogen-bond acceptors (Lipinski definition) is 10. The molecule has 1 heterocycles. The van der Waals surface area contributed by atoms with Crippen molar-refractivity contribution >= 4 is 11.6 Å². The van der Waals surface area contributed by atoms with Crippen LogP contribution in [0.3, 0.4) is 0 Å². The quantitative estimate of drug-likeness (QED) is 0.250. The number of aromatic nitrogens is 2. The van der Waals surface area contributed by atoms with Gasteiger partial charge in [0.1, 0.15) is 5.75 Å². The first-order chi connectivity index (χ1) is 16.3. The van der Waals surface area contributed by atoms with Crippen molar-refractivity contribution in [3.63, 3.8) is 0 Å². The van der Waals surface area contributed by atoms with Crippen LogP contribution in [-0.4, -0.2) is 47.9 Å². The Labute approximate surface area is 196 Å². The van der Waals surface area contributed by atoms with Crippen molar-refractivity contribution in [2.75, 3.05) is 33.7 Å². The highest BCUT2D eigenvalue weighted by atomic mass is 16.6. The normalized spacial score (nSPS) is 10.6. The number of nitrogen functional groups attached to an aromatic ring is 1. The van der Waals surface area contributed by atoms with Gasteiger partial charge in [-0.25, -0.2) is 9.97 Å². The third-order valence-corrected chi connectivity index (χ3v) is 5.01. The van der Waals surface area contributed by atoms with Gasteiger partial charge in [0, 0.05) is 23.3 Å². The number of phenols is 1. The van der Waals surface area contributed by atoms with E-state index in [2.05, 4.69) is 9.97 Å². The topological polar surface area (TPSA) is 152 Å². The van der Waals surface area contributed by atoms with Crippen molar-refractivity contribution in [3.05, 3.63) is 40.4 Å². The molecule has 0 aliphatic rings. The fraction of sp³-hybridized carbons (Fsp3) is 0.304. The Bertz CT molecular complexity index is 1180. The third kappa shape index (κ3) is 5.03. The highest BCUT2D eigenvalue weighted by Gasteiger charge is 2.22. The van der Waals surface area contributed by atoms with E-state index in [4.69, 9.17) is 24.7 Å². The minimum Gasteiger partial charge on any atom is -0.507 e. The van der Waals surface area contributed by atoms with Gasteiger partial charge < -0.3 is 29.8 Å². The molecular weight excluding hydrogens is 444 g/mol. The zero-order valence-corrected chi connectivity index (χ0v) is 19.3. The van der Waals surface area contributed by atoms with Gasteiger partial charge in [0.15, 0.2) is 11.5 Å². The first kappa shape index (κ1) is 24.4. The van der Waals surface area contributed by atoms with Crippen molar-refractivity contribution in [2.24, 2.45) is 0 Å². The minimum absolute atomic E-state index is 0.0217. The van der Waals surface area contributed by atoms with E-state index in [0.717, 1.165) is 12.8 Å². The van der Waals surface area contributed by atoms with Gasteiger partial charge in [-0.3, -0.25) is 10.1 Å². The average Bonchev–Trinajstić information content (AvgIpc) is 2.82. The van der Waals surface area contributed by atoms with Gasteiger partial charge in [-0.15, -0.1) is 0 Å². The van der Waals surface area contributed by atoms with E-state index >= 15 is 0 Å². The van der Waals surface area contributed by atoms with E-state index in [-0.39, 0.29) is 34.4 Å². The molecule has 0 saturated carbocycles. The first-order valence-electron chi connectivity index (χ1n) is 10.4. The van der Waals surface area contributed by atoms with E-state index in [0.29, 0.717) is 35.1 Å². The number of hydrogen-bond donors (Lipinski definition) is 2. The molecule has 2 aromatic carbocycles. The van der Waals surface area contributed by atoms with Gasteiger partial charge in [-0.1, -0.05) is 13.3 Å². The number of nitro benzene ring substituents is 1. The monoisotopic (exact) mass is 470 g/mol. The van der Waals surface area contributed by atoms with Crippen LogP contribution in [0, 0.1) is 10.1 Å². The number of anilines is 1. The maximum Gasteiger partial charge on any atom is 0.311 e. The molecule has 11 nitrogen and oxygen atoms in total. The predicted octanol–water partition coefficient (Wildman–Crippen LogP) is 4.21. The number of nitrogens with zero attached hydrogens (tertiary/aromatic N) is 3. The highest BCUT2D eigenvalue weighted by molar-refractivity contribution is 5.77. The van der Waals surface area contributed by atoms with Crippen molar-refractivity contribution < 1.29 is 29.0 Å². The van der Waals surface area contributed by atoms with Gasteiger partial charge in [0.25, 0.3) is 0 Å². The molecule has 3 aromatic rings. The van der Waals surface area contributed by atoms with Crippen molar-refractivity contribution in [1.29, 1.82) is 0 Å². The molecule has 0 radical (unpaired) electrons. The Morgan fingerprint density at radius 2 is 1.62 bits per heavy atom. The molecule has 1 aromatic heterocycles. The minimum atomic E-state index is -0.575. The maximum absolute atomic E-state index is 11.7. The molecule has 0 fully saturated rings. The van der Waals surface area contributed by atoms with Crippen LogP contribution >= 0.6 is 0 Å². The van der Waals surface area contributed by atoms with Gasteiger partial charge in [-0.05, 0) is 24.6 Å². The van der Waals surface area contributed by atoms with E-state index < -0.39 is 4.92 Å². The smallest absolute Gasteiger partial charge is 0.311 e. The number of nitrogens with two attached hydrogens (primary N) is 1. The lowest BCUT2D eigenvalue weighted by molar-refractivity contribution is -0.385. The largest absolute Gasteiger partial charge is 0.507 e. The first-order valence-corrected chi connectivity index (χ1v) is 10.4. The Morgan fingerprint density at radius 1 is 0.971 bits per heavy atom. The summed E-state index contributed by atoms with van der Waals surface area (Å²) in [6.45, 7) is 2.27. The molecule has 0 aliphatic carbocycles. The second kappa shape index (κ2) is 10.6. The van der Waals surface area contributed by atoms with Gasteiger partial charge >= 0.3 is 5.69 Å². The summed E-state index contributed by atoms with van der Waals surface area (Å²) < 4.78 is 21.6. The number of aromatic hydroxyl groups is 1. The summed E-state index contributed by atoms with van der Waals surface area (Å²) in [6.07, 6.45) is 1.59. The molecular formula is C23H26N4O7. The number of unbranched alkanes of at least 4 members (excludes halogenated alkanes) is 1. The molecule has 0 atom stereocenters. The van der Waals surface area contributed by atoms with E-state index in [1.807, 2.05) is 6.92 Å². The standard InChI is InChI=1S/C23H26N4O7/c1-5-6-7-34-19-12-18(28)14(10-17(19)27(29)30)16-11-15(25-23(24)26-16)13-8-20(31-2)22(33-4)21(9-13)32-3/h8-12,28H,5-7H2,1-4H3,(H2,24,25,26). The molecule has 11 heteroatoms. The number of ether oxygens (including phenoxy) is 4. The second-order valence-corrected chi connectivity index (χ2v) is 7.21. The Hall–Kier alpha value is -4.28. The number of rotatable bonds is 10. The summed E-state index contributed by atoms with van der Waals surface area (Å²) in [6, 6.07) is 7.32. The van der Waals surface area contributed by atoms with Gasteiger partial charge in [-0.2, -0.15) is 0 Å². The molecule has 180 valence electrons. The van der Waals surface area contributed by atoms with Crippen LogP contribution < -0.4 is 24.7 Å². The molecule has 0 amide bonds. The van der Waals surface area contributed by atoms with E-state index in [9.17, 15) is 15.2 Å². The van der Waals surface area contributed by atoms with Crippen LogP contribution in [0.5, 0.6) is 28.7 Å².